The lowest BCUT2D eigenvalue weighted by atomic mass is 10.1. The van der Waals surface area contributed by atoms with Crippen molar-refractivity contribution in [3.05, 3.63) is 24.3 Å². The summed E-state index contributed by atoms with van der Waals surface area (Å²) in [5.41, 5.74) is 0.623. The van der Waals surface area contributed by atoms with E-state index in [-0.39, 0.29) is 17.0 Å². The summed E-state index contributed by atoms with van der Waals surface area (Å²) < 4.78 is 28.1. The zero-order valence-electron chi connectivity index (χ0n) is 16.0. The lowest BCUT2D eigenvalue weighted by molar-refractivity contribution is 0.214. The summed E-state index contributed by atoms with van der Waals surface area (Å²) in [4.78, 5) is 14.5. The van der Waals surface area contributed by atoms with Crippen LogP contribution in [-0.4, -0.2) is 38.5 Å². The van der Waals surface area contributed by atoms with Crippen LogP contribution in [0.25, 0.3) is 0 Å². The average molecular weight is 394 g/mol. The smallest absolute Gasteiger partial charge is 0.321 e. The Balaban J connectivity index is 1.59. The van der Waals surface area contributed by atoms with E-state index in [1.165, 1.54) is 25.7 Å². The molecule has 0 unspecified atom stereocenters. The quantitative estimate of drug-likeness (QED) is 0.756. The minimum atomic E-state index is -3.52. The third-order valence-electron chi connectivity index (χ3n) is 5.49. The van der Waals surface area contributed by atoms with Gasteiger partial charge in [-0.1, -0.05) is 38.5 Å². The van der Waals surface area contributed by atoms with E-state index in [1.807, 2.05) is 4.90 Å². The highest BCUT2D eigenvalue weighted by atomic mass is 32.2. The molecule has 27 heavy (non-hydrogen) atoms. The van der Waals surface area contributed by atoms with Crippen LogP contribution in [0.2, 0.25) is 0 Å². The molecule has 1 aromatic rings. The highest BCUT2D eigenvalue weighted by molar-refractivity contribution is 7.89. The molecule has 1 saturated carbocycles. The van der Waals surface area contributed by atoms with Crippen molar-refractivity contribution in [2.75, 3.05) is 18.4 Å². The molecule has 150 valence electrons. The summed E-state index contributed by atoms with van der Waals surface area (Å²) >= 11 is 0. The van der Waals surface area contributed by atoms with Gasteiger partial charge in [0.25, 0.3) is 0 Å². The third-order valence-corrected chi connectivity index (χ3v) is 7.02. The molecule has 7 heteroatoms. The topological polar surface area (TPSA) is 78.5 Å². The van der Waals surface area contributed by atoms with Gasteiger partial charge in [0.05, 0.1) is 4.90 Å². The second-order valence-electron chi connectivity index (χ2n) is 7.67. The molecule has 1 aliphatic carbocycles. The van der Waals surface area contributed by atoms with Crippen molar-refractivity contribution in [3.8, 4) is 0 Å². The monoisotopic (exact) mass is 393 g/mol. The molecule has 1 heterocycles. The number of benzene rings is 1. The Morgan fingerprint density at radius 2 is 1.41 bits per heavy atom. The minimum Gasteiger partial charge on any atom is -0.325 e. The molecule has 0 spiro atoms. The van der Waals surface area contributed by atoms with Crippen LogP contribution in [0.15, 0.2) is 29.2 Å². The molecule has 6 nitrogen and oxygen atoms in total. The van der Waals surface area contributed by atoms with Gasteiger partial charge in [0.2, 0.25) is 10.0 Å². The molecular formula is C20H31N3O3S. The Morgan fingerprint density at radius 1 is 0.852 bits per heavy atom. The van der Waals surface area contributed by atoms with Gasteiger partial charge in [-0.2, -0.15) is 0 Å². The number of nitrogens with one attached hydrogen (secondary N) is 2. The van der Waals surface area contributed by atoms with Gasteiger partial charge in [0.15, 0.2) is 0 Å². The summed E-state index contributed by atoms with van der Waals surface area (Å²) in [5, 5.41) is 2.88. The van der Waals surface area contributed by atoms with Gasteiger partial charge >= 0.3 is 6.03 Å². The van der Waals surface area contributed by atoms with Crippen LogP contribution in [0.4, 0.5) is 10.5 Å². The second kappa shape index (κ2) is 9.55. The van der Waals surface area contributed by atoms with Gasteiger partial charge in [0, 0.05) is 24.8 Å². The molecule has 0 atom stereocenters. The van der Waals surface area contributed by atoms with Crippen LogP contribution in [0.1, 0.15) is 64.2 Å². The van der Waals surface area contributed by atoms with Crippen molar-refractivity contribution in [2.24, 2.45) is 0 Å². The number of carbonyl (C=O) groups is 1. The Kier molecular flexibility index (Phi) is 7.13. The predicted octanol–water partition coefficient (Wildman–Crippen LogP) is 4.10. The second-order valence-corrected chi connectivity index (χ2v) is 9.38. The zero-order valence-corrected chi connectivity index (χ0v) is 16.8. The maximum atomic E-state index is 12.6. The summed E-state index contributed by atoms with van der Waals surface area (Å²) in [6, 6.07) is 6.38. The van der Waals surface area contributed by atoms with Crippen LogP contribution < -0.4 is 10.0 Å². The van der Waals surface area contributed by atoms with E-state index in [0.29, 0.717) is 5.69 Å². The number of urea groups is 1. The number of hydrogen-bond donors (Lipinski definition) is 2. The number of carbonyl (C=O) groups excluding carboxylic acids is 1. The fourth-order valence-electron chi connectivity index (χ4n) is 3.88. The molecule has 0 aromatic heterocycles. The molecule has 0 bridgehead atoms. The maximum absolute atomic E-state index is 12.6. The van der Waals surface area contributed by atoms with E-state index in [2.05, 4.69) is 10.0 Å². The van der Waals surface area contributed by atoms with Crippen molar-refractivity contribution in [1.82, 2.24) is 9.62 Å². The highest BCUT2D eigenvalue weighted by Gasteiger charge is 2.21. The molecule has 0 radical (unpaired) electrons. The van der Waals surface area contributed by atoms with Crippen LogP contribution in [0.3, 0.4) is 0 Å². The lowest BCUT2D eigenvalue weighted by Gasteiger charge is -2.21. The normalized spacial score (nSPS) is 19.9. The standard InChI is InChI=1S/C20H31N3O3S/c24-20(23-15-7-3-4-8-16-23)21-17-11-13-19(14-12-17)27(25,26)22-18-9-5-1-2-6-10-18/h11-14,18,22H,1-10,15-16H2,(H,21,24). The maximum Gasteiger partial charge on any atom is 0.321 e. The van der Waals surface area contributed by atoms with Crippen molar-refractivity contribution in [1.29, 1.82) is 0 Å². The molecule has 1 aliphatic heterocycles. The van der Waals surface area contributed by atoms with Crippen LogP contribution in [-0.2, 0) is 10.0 Å². The average Bonchev–Trinajstić information content (AvgIpc) is 3.07. The van der Waals surface area contributed by atoms with E-state index in [1.54, 1.807) is 24.3 Å². The number of hydrogen-bond acceptors (Lipinski definition) is 3. The molecule has 1 aromatic carbocycles. The fourth-order valence-corrected chi connectivity index (χ4v) is 5.18. The van der Waals surface area contributed by atoms with E-state index in [4.69, 9.17) is 0 Å². The number of rotatable bonds is 4. The molecule has 3 rings (SSSR count). The van der Waals surface area contributed by atoms with Crippen molar-refractivity contribution in [2.45, 2.75) is 75.1 Å². The van der Waals surface area contributed by atoms with Gasteiger partial charge in [-0.25, -0.2) is 17.9 Å². The number of sulfonamides is 1. The lowest BCUT2D eigenvalue weighted by Crippen LogP contribution is -2.35. The SMILES string of the molecule is O=C(Nc1ccc(S(=O)(=O)NC2CCCCCC2)cc1)N1CCCCCC1. The van der Waals surface area contributed by atoms with Crippen molar-refractivity contribution in [3.63, 3.8) is 0 Å². The minimum absolute atomic E-state index is 0.0277. The first-order valence-corrected chi connectivity index (χ1v) is 11.7. The molecular weight excluding hydrogens is 362 g/mol. The molecule has 2 fully saturated rings. The Hall–Kier alpha value is -1.60. The number of nitrogens with zero attached hydrogens (tertiary/aromatic N) is 1. The van der Waals surface area contributed by atoms with Gasteiger partial charge in [-0.15, -0.1) is 0 Å². The van der Waals surface area contributed by atoms with Gasteiger partial charge in [-0.3, -0.25) is 0 Å². The first-order chi connectivity index (χ1) is 13.0. The van der Waals surface area contributed by atoms with E-state index < -0.39 is 10.0 Å². The Labute approximate surface area is 162 Å². The number of likely N-dealkylation sites (tertiary alicyclic amines) is 1. The summed E-state index contributed by atoms with van der Waals surface area (Å²) in [6.07, 6.45) is 10.8. The van der Waals surface area contributed by atoms with E-state index in [9.17, 15) is 13.2 Å². The van der Waals surface area contributed by atoms with Crippen molar-refractivity contribution >= 4 is 21.7 Å². The Bertz CT molecular complexity index is 702. The van der Waals surface area contributed by atoms with Gasteiger partial charge in [0.1, 0.15) is 0 Å². The summed E-state index contributed by atoms with van der Waals surface area (Å²) in [6.45, 7) is 1.56. The van der Waals surface area contributed by atoms with Gasteiger partial charge < -0.3 is 10.2 Å². The molecule has 1 saturated heterocycles. The fraction of sp³-hybridized carbons (Fsp3) is 0.650. The summed E-state index contributed by atoms with van der Waals surface area (Å²) in [5.74, 6) is 0. The zero-order chi connectivity index (χ0) is 19.1. The van der Waals surface area contributed by atoms with Gasteiger partial charge in [-0.05, 0) is 49.9 Å². The number of anilines is 1. The first kappa shape index (κ1) is 20.1. The van der Waals surface area contributed by atoms with Crippen LogP contribution in [0.5, 0.6) is 0 Å². The van der Waals surface area contributed by atoms with Crippen LogP contribution >= 0.6 is 0 Å². The molecule has 2 aliphatic rings. The summed E-state index contributed by atoms with van der Waals surface area (Å²) in [7, 11) is -3.52. The van der Waals surface area contributed by atoms with E-state index >= 15 is 0 Å². The largest absolute Gasteiger partial charge is 0.325 e. The Morgan fingerprint density at radius 3 is 2.00 bits per heavy atom. The highest BCUT2D eigenvalue weighted by Crippen LogP contribution is 2.21. The molecule has 2 amide bonds. The number of amides is 2. The first-order valence-electron chi connectivity index (χ1n) is 10.2. The predicted molar refractivity (Wildman–Crippen MR) is 107 cm³/mol. The van der Waals surface area contributed by atoms with E-state index in [0.717, 1.165) is 51.6 Å². The van der Waals surface area contributed by atoms with Crippen molar-refractivity contribution < 1.29 is 13.2 Å². The third kappa shape index (κ3) is 5.94. The molecule has 2 N–H and O–H groups in total. The van der Waals surface area contributed by atoms with Crippen LogP contribution in [0, 0.1) is 0 Å².